The fourth-order valence-electron chi connectivity index (χ4n) is 11.2. The number of hydrogen-bond acceptors (Lipinski definition) is 13. The molecule has 19 heteroatoms. The number of aryl methyl sites for hydroxylation is 1. The standard InChI is InChI=1S/C61H75F2N11O5S/c1-39(43-16-18-44(19-17-43)55-40(2)67-38-80-55)68-57(78)50-29-46(75)34-74(50)58(79)56(59(3,4)5)69-53(76)11-9-8-10-41-12-14-42(15-13-41)32-64-51-31-52(66-37-65-51)72-26-22-61(23-27-72)36-73(35-54(77)70-61)49-30-47(62)45(28-48(49)63)33-71-24-20-60(6,7)21-25-71/h12-19,28,30-31,37-39,46,50,56,75H,9,11,20-27,29,32-36H2,1-7H3,(H,68,78)(H,69,76)(H,70,77)(H,64,65,66)/t39-,46+,50-,56+/m0/s1. The lowest BCUT2D eigenvalue weighted by molar-refractivity contribution is -0.144. The maximum absolute atomic E-state index is 15.7. The van der Waals surface area contributed by atoms with Gasteiger partial charge in [-0.2, -0.15) is 0 Å². The SMILES string of the molecule is Cc1ncsc1-c1ccc([C@H](C)NC(=O)[C@@H]2C[C@@H](O)CN2C(=O)[C@@H](NC(=O)CCC#Cc2ccc(CNc3cc(N4CCC5(CC4)CN(c4cc(F)c(CN6CCC(C)(C)CC6)cc4F)CC(=O)N5)ncn3)cc2)C(C)(C)C)cc1. The van der Waals surface area contributed by atoms with Gasteiger partial charge in [0, 0.05) is 81.8 Å². The van der Waals surface area contributed by atoms with Crippen LogP contribution in [-0.2, 0) is 32.3 Å². The molecule has 424 valence electrons. The van der Waals surface area contributed by atoms with E-state index < -0.39 is 46.7 Å². The Morgan fingerprint density at radius 2 is 1.64 bits per heavy atom. The van der Waals surface area contributed by atoms with Crippen molar-refractivity contribution < 1.29 is 33.1 Å². The molecule has 3 aromatic carbocycles. The normalized spacial score (nSPS) is 19.9. The second-order valence-corrected chi connectivity index (χ2v) is 24.9. The molecule has 5 aromatic rings. The number of piperazine rings is 1. The number of halogens is 2. The molecule has 0 radical (unpaired) electrons. The van der Waals surface area contributed by atoms with Crippen molar-refractivity contribution in [2.45, 2.75) is 136 Å². The minimum absolute atomic E-state index is 0.0186. The zero-order chi connectivity index (χ0) is 56.9. The average Bonchev–Trinajstić information content (AvgIpc) is 4.07. The monoisotopic (exact) mass is 1110 g/mol. The van der Waals surface area contributed by atoms with Crippen LogP contribution in [0.15, 0.2) is 78.6 Å². The van der Waals surface area contributed by atoms with Gasteiger partial charge in [-0.25, -0.2) is 23.7 Å². The number of β-amino-alcohol motifs (C(OH)–C–C–N with tert-alkyl or cyclic N) is 1. The van der Waals surface area contributed by atoms with Crippen LogP contribution < -0.4 is 31.1 Å². The average molecular weight is 1110 g/mol. The molecule has 4 amide bonds. The van der Waals surface area contributed by atoms with Gasteiger partial charge in [0.2, 0.25) is 23.6 Å². The first-order valence-electron chi connectivity index (χ1n) is 27.8. The van der Waals surface area contributed by atoms with Crippen molar-refractivity contribution >= 4 is 52.3 Å². The summed E-state index contributed by atoms with van der Waals surface area (Å²) in [5.41, 5.74) is 5.90. The quantitative estimate of drug-likeness (QED) is 0.0639. The molecule has 9 rings (SSSR count). The Hall–Kier alpha value is -7.01. The number of hydrogen-bond donors (Lipinski definition) is 5. The van der Waals surface area contributed by atoms with Gasteiger partial charge in [0.25, 0.3) is 0 Å². The molecular formula is C61H75F2N11O5S. The van der Waals surface area contributed by atoms with Gasteiger partial charge in [0.05, 0.1) is 46.0 Å². The van der Waals surface area contributed by atoms with Gasteiger partial charge in [0.15, 0.2) is 0 Å². The van der Waals surface area contributed by atoms with E-state index in [1.54, 1.807) is 16.2 Å². The molecule has 5 N–H and O–H groups in total. The lowest BCUT2D eigenvalue weighted by atomic mass is 9.82. The van der Waals surface area contributed by atoms with Crippen LogP contribution in [0.1, 0.15) is 120 Å². The van der Waals surface area contributed by atoms with Crippen LogP contribution >= 0.6 is 11.3 Å². The van der Waals surface area contributed by atoms with Gasteiger partial charge in [-0.15, -0.1) is 11.3 Å². The summed E-state index contributed by atoms with van der Waals surface area (Å²) in [5.74, 6) is 5.27. The molecule has 16 nitrogen and oxygen atoms in total. The first-order chi connectivity index (χ1) is 38.1. The zero-order valence-electron chi connectivity index (χ0n) is 47.0. The number of thiazole rings is 1. The fraction of sp³-hybridized carbons (Fsp3) is 0.492. The van der Waals surface area contributed by atoms with Gasteiger partial charge in [-0.3, -0.25) is 24.1 Å². The highest BCUT2D eigenvalue weighted by Crippen LogP contribution is 2.36. The molecule has 80 heavy (non-hydrogen) atoms. The molecule has 2 aromatic heterocycles. The number of anilines is 3. The molecule has 4 atom stereocenters. The van der Waals surface area contributed by atoms with Gasteiger partial charge in [-0.1, -0.05) is 82.9 Å². The molecule has 6 heterocycles. The summed E-state index contributed by atoms with van der Waals surface area (Å²) < 4.78 is 31.3. The van der Waals surface area contributed by atoms with Crippen LogP contribution in [0.2, 0.25) is 0 Å². The van der Waals surface area contributed by atoms with Crippen molar-refractivity contribution in [1.29, 1.82) is 0 Å². The molecule has 0 aliphatic carbocycles. The number of nitrogens with zero attached hydrogens (tertiary/aromatic N) is 7. The van der Waals surface area contributed by atoms with Gasteiger partial charge in [0.1, 0.15) is 41.7 Å². The number of rotatable bonds is 15. The third-order valence-electron chi connectivity index (χ3n) is 16.2. The van der Waals surface area contributed by atoms with E-state index in [0.29, 0.717) is 56.9 Å². The smallest absolute Gasteiger partial charge is 0.246 e. The van der Waals surface area contributed by atoms with Crippen molar-refractivity contribution in [2.24, 2.45) is 10.8 Å². The van der Waals surface area contributed by atoms with E-state index in [4.69, 9.17) is 0 Å². The molecule has 1 spiro atoms. The Kier molecular flexibility index (Phi) is 17.6. The predicted octanol–water partition coefficient (Wildman–Crippen LogP) is 7.90. The highest BCUT2D eigenvalue weighted by atomic mass is 32.1. The van der Waals surface area contributed by atoms with E-state index in [1.165, 1.54) is 23.4 Å². The molecule has 4 aliphatic rings. The fourth-order valence-corrected chi connectivity index (χ4v) is 12.0. The summed E-state index contributed by atoms with van der Waals surface area (Å²) in [6, 6.07) is 17.9. The van der Waals surface area contributed by atoms with Crippen molar-refractivity contribution in [3.05, 3.63) is 118 Å². The molecule has 4 saturated heterocycles. The number of carbonyl (C=O) groups is 4. The van der Waals surface area contributed by atoms with Crippen LogP contribution in [0.4, 0.5) is 26.1 Å². The minimum Gasteiger partial charge on any atom is -0.391 e. The first kappa shape index (κ1) is 57.7. The molecule has 4 fully saturated rings. The number of piperidine rings is 2. The predicted molar refractivity (Wildman–Crippen MR) is 307 cm³/mol. The molecule has 4 aliphatic heterocycles. The van der Waals surface area contributed by atoms with E-state index in [0.717, 1.165) is 64.6 Å². The van der Waals surface area contributed by atoms with Crippen molar-refractivity contribution in [1.82, 2.24) is 40.7 Å². The second-order valence-electron chi connectivity index (χ2n) is 24.0. The lowest BCUT2D eigenvalue weighted by Crippen LogP contribution is -2.66. The van der Waals surface area contributed by atoms with E-state index in [9.17, 15) is 24.3 Å². The molecular weight excluding hydrogens is 1040 g/mol. The topological polar surface area (TPSA) is 188 Å². The third kappa shape index (κ3) is 14.1. The summed E-state index contributed by atoms with van der Waals surface area (Å²) in [4.78, 5) is 76.2. The van der Waals surface area contributed by atoms with Crippen molar-refractivity contribution in [3.8, 4) is 22.3 Å². The zero-order valence-corrected chi connectivity index (χ0v) is 47.8. The number of aliphatic hydroxyl groups excluding tert-OH is 1. The van der Waals surface area contributed by atoms with Gasteiger partial charge < -0.3 is 41.1 Å². The van der Waals surface area contributed by atoms with Gasteiger partial charge in [-0.05, 0) is 98.3 Å². The first-order valence-corrected chi connectivity index (χ1v) is 28.7. The van der Waals surface area contributed by atoms with Crippen molar-refractivity contribution in [2.75, 3.05) is 60.9 Å². The van der Waals surface area contributed by atoms with Crippen molar-refractivity contribution in [3.63, 3.8) is 0 Å². The summed E-state index contributed by atoms with van der Waals surface area (Å²) in [5, 5.41) is 23.2. The van der Waals surface area contributed by atoms with Crippen LogP contribution in [0, 0.1) is 41.2 Å². The summed E-state index contributed by atoms with van der Waals surface area (Å²) in [7, 11) is 0. The van der Waals surface area contributed by atoms with Crippen LogP contribution in [0.5, 0.6) is 0 Å². The van der Waals surface area contributed by atoms with Crippen LogP contribution in [0.3, 0.4) is 0 Å². The number of aliphatic hydroxyl groups is 1. The number of benzene rings is 3. The maximum Gasteiger partial charge on any atom is 0.246 e. The van der Waals surface area contributed by atoms with E-state index in [2.05, 4.69) is 71.7 Å². The lowest BCUT2D eigenvalue weighted by Gasteiger charge is -2.48. The number of nitrogens with one attached hydrogen (secondary N) is 4. The summed E-state index contributed by atoms with van der Waals surface area (Å²) in [6.07, 6.45) is 4.26. The van der Waals surface area contributed by atoms with E-state index in [1.807, 2.05) is 94.7 Å². The summed E-state index contributed by atoms with van der Waals surface area (Å²) >= 11 is 1.57. The Labute approximate surface area is 472 Å². The Balaban J connectivity index is 0.721. The minimum atomic E-state index is -0.948. The van der Waals surface area contributed by atoms with Crippen LogP contribution in [-0.4, -0.2) is 123 Å². The number of carbonyl (C=O) groups excluding carboxylic acids is 4. The third-order valence-corrected chi connectivity index (χ3v) is 17.2. The van der Waals surface area contributed by atoms with E-state index >= 15 is 8.78 Å². The van der Waals surface area contributed by atoms with Gasteiger partial charge >= 0.3 is 0 Å². The molecule has 0 saturated carbocycles. The second kappa shape index (κ2) is 24.4. The van der Waals surface area contributed by atoms with Crippen LogP contribution in [0.25, 0.3) is 10.4 Å². The Morgan fingerprint density at radius 3 is 2.33 bits per heavy atom. The molecule has 0 bridgehead atoms. The molecule has 0 unspecified atom stereocenters. The largest absolute Gasteiger partial charge is 0.391 e. The Bertz CT molecular complexity index is 3100. The Morgan fingerprint density at radius 1 is 0.912 bits per heavy atom. The number of aromatic nitrogens is 3. The highest BCUT2D eigenvalue weighted by molar-refractivity contribution is 7.13. The number of amides is 4. The highest BCUT2D eigenvalue weighted by Gasteiger charge is 2.45. The summed E-state index contributed by atoms with van der Waals surface area (Å²) in [6.45, 7) is 17.9. The van der Waals surface area contributed by atoms with E-state index in [-0.39, 0.29) is 67.2 Å². The maximum atomic E-state index is 15.7. The number of likely N-dealkylation sites (tertiary alicyclic amines) is 2.